The number of carboxylic acids is 1. The molecule has 0 amide bonds. The van der Waals surface area contributed by atoms with Crippen LogP contribution in [0.15, 0.2) is 23.6 Å². The van der Waals surface area contributed by atoms with Crippen molar-refractivity contribution in [2.24, 2.45) is 11.8 Å². The summed E-state index contributed by atoms with van der Waals surface area (Å²) in [7, 11) is 0. The molecule has 5 nitrogen and oxygen atoms in total. The summed E-state index contributed by atoms with van der Waals surface area (Å²) in [6.45, 7) is 14.8. The number of aryl methyl sites for hydroxylation is 1. The fourth-order valence-corrected chi connectivity index (χ4v) is 4.00. The van der Waals surface area contributed by atoms with Crippen LogP contribution in [0.5, 0.6) is 0 Å². The number of hydrogen-bond acceptors (Lipinski definition) is 5. The first-order valence-electron chi connectivity index (χ1n) is 9.95. The maximum absolute atomic E-state index is 11.1. The lowest BCUT2D eigenvalue weighted by atomic mass is 9.96. The molecule has 0 saturated carbocycles. The SMILES string of the molecule is Cc1csc(Nc2cc(C(C)CC(=O)O)ccc2N(CC(C)C)CC(C)C)n1. The van der Waals surface area contributed by atoms with Gasteiger partial charge in [0.25, 0.3) is 0 Å². The van der Waals surface area contributed by atoms with Crippen LogP contribution in [0.2, 0.25) is 0 Å². The largest absolute Gasteiger partial charge is 0.481 e. The van der Waals surface area contributed by atoms with Gasteiger partial charge in [-0.25, -0.2) is 4.98 Å². The second-order valence-electron chi connectivity index (χ2n) is 8.39. The molecule has 0 fully saturated rings. The molecule has 1 aromatic carbocycles. The Morgan fingerprint density at radius 3 is 2.32 bits per heavy atom. The van der Waals surface area contributed by atoms with Gasteiger partial charge in [0.1, 0.15) is 0 Å². The van der Waals surface area contributed by atoms with Crippen LogP contribution in [0.3, 0.4) is 0 Å². The molecule has 0 spiro atoms. The molecule has 1 unspecified atom stereocenters. The molecule has 1 aromatic heterocycles. The van der Waals surface area contributed by atoms with Crippen LogP contribution in [0.1, 0.15) is 58.2 Å². The van der Waals surface area contributed by atoms with E-state index in [9.17, 15) is 4.79 Å². The van der Waals surface area contributed by atoms with Gasteiger partial charge >= 0.3 is 5.97 Å². The van der Waals surface area contributed by atoms with Crippen molar-refractivity contribution >= 4 is 33.8 Å². The van der Waals surface area contributed by atoms with Crippen LogP contribution in [0.4, 0.5) is 16.5 Å². The van der Waals surface area contributed by atoms with Gasteiger partial charge in [-0.2, -0.15) is 0 Å². The summed E-state index contributed by atoms with van der Waals surface area (Å²) < 4.78 is 0. The highest BCUT2D eigenvalue weighted by molar-refractivity contribution is 7.13. The van der Waals surface area contributed by atoms with Gasteiger partial charge < -0.3 is 15.3 Å². The van der Waals surface area contributed by atoms with Crippen molar-refractivity contribution in [3.05, 3.63) is 34.8 Å². The van der Waals surface area contributed by atoms with Crippen molar-refractivity contribution in [2.45, 2.75) is 53.9 Å². The van der Waals surface area contributed by atoms with E-state index in [4.69, 9.17) is 5.11 Å². The predicted molar refractivity (Wildman–Crippen MR) is 119 cm³/mol. The molecule has 0 bridgehead atoms. The second kappa shape index (κ2) is 9.92. The van der Waals surface area contributed by atoms with E-state index in [1.807, 2.05) is 19.2 Å². The number of carbonyl (C=O) groups is 1. The van der Waals surface area contributed by atoms with E-state index in [1.165, 1.54) is 0 Å². The Labute approximate surface area is 172 Å². The van der Waals surface area contributed by atoms with Crippen molar-refractivity contribution in [3.63, 3.8) is 0 Å². The molecular formula is C22H33N3O2S. The number of benzene rings is 1. The molecule has 2 N–H and O–H groups in total. The van der Waals surface area contributed by atoms with E-state index in [2.05, 4.69) is 61.1 Å². The average Bonchev–Trinajstić information content (AvgIpc) is 2.97. The number of thiazole rings is 1. The van der Waals surface area contributed by atoms with Crippen molar-refractivity contribution in [2.75, 3.05) is 23.3 Å². The zero-order valence-corrected chi connectivity index (χ0v) is 18.6. The van der Waals surface area contributed by atoms with Crippen LogP contribution in [0.25, 0.3) is 0 Å². The van der Waals surface area contributed by atoms with Gasteiger partial charge in [0, 0.05) is 18.5 Å². The minimum absolute atomic E-state index is 0.0474. The van der Waals surface area contributed by atoms with Crippen LogP contribution in [-0.2, 0) is 4.79 Å². The molecule has 1 atom stereocenters. The molecular weight excluding hydrogens is 370 g/mol. The molecule has 1 heterocycles. The van der Waals surface area contributed by atoms with Crippen molar-refractivity contribution in [1.82, 2.24) is 4.98 Å². The number of nitrogens with zero attached hydrogens (tertiary/aromatic N) is 2. The number of aromatic nitrogens is 1. The molecule has 0 aliphatic heterocycles. The van der Waals surface area contributed by atoms with Gasteiger partial charge in [0.15, 0.2) is 5.13 Å². The summed E-state index contributed by atoms with van der Waals surface area (Å²) in [5.74, 6) is 0.260. The Hall–Kier alpha value is -2.08. The van der Waals surface area contributed by atoms with E-state index in [1.54, 1.807) is 11.3 Å². The zero-order chi connectivity index (χ0) is 20.8. The molecule has 154 valence electrons. The van der Waals surface area contributed by atoms with Gasteiger partial charge in [-0.05, 0) is 42.4 Å². The molecule has 28 heavy (non-hydrogen) atoms. The Bertz CT molecular complexity index is 776. The molecule has 2 rings (SSSR count). The third-order valence-corrected chi connectivity index (χ3v) is 5.32. The Morgan fingerprint density at radius 2 is 1.82 bits per heavy atom. The number of nitrogens with one attached hydrogen (secondary N) is 1. The molecule has 0 saturated heterocycles. The third kappa shape index (κ3) is 6.51. The van der Waals surface area contributed by atoms with Crippen molar-refractivity contribution < 1.29 is 9.90 Å². The number of carboxylic acid groups (broad SMARTS) is 1. The fourth-order valence-electron chi connectivity index (χ4n) is 3.30. The molecule has 6 heteroatoms. The third-order valence-electron chi connectivity index (χ3n) is 4.44. The molecule has 0 radical (unpaired) electrons. The predicted octanol–water partition coefficient (Wildman–Crippen LogP) is 5.89. The second-order valence-corrected chi connectivity index (χ2v) is 9.25. The van der Waals surface area contributed by atoms with E-state index < -0.39 is 5.97 Å². The molecule has 0 aliphatic carbocycles. The number of aliphatic carboxylic acids is 1. The highest BCUT2D eigenvalue weighted by Gasteiger charge is 2.18. The lowest BCUT2D eigenvalue weighted by molar-refractivity contribution is -0.137. The van der Waals surface area contributed by atoms with E-state index in [0.29, 0.717) is 11.8 Å². The average molecular weight is 404 g/mol. The topological polar surface area (TPSA) is 65.5 Å². The maximum Gasteiger partial charge on any atom is 0.303 e. The van der Waals surface area contributed by atoms with E-state index >= 15 is 0 Å². The van der Waals surface area contributed by atoms with Gasteiger partial charge in [-0.15, -0.1) is 11.3 Å². The fraction of sp³-hybridized carbons (Fsp3) is 0.545. The summed E-state index contributed by atoms with van der Waals surface area (Å²) in [6, 6.07) is 6.28. The summed E-state index contributed by atoms with van der Waals surface area (Å²) in [5, 5.41) is 15.5. The maximum atomic E-state index is 11.1. The smallest absolute Gasteiger partial charge is 0.303 e. The Kier molecular flexibility index (Phi) is 7.87. The Morgan fingerprint density at radius 1 is 1.18 bits per heavy atom. The molecule has 2 aromatic rings. The summed E-state index contributed by atoms with van der Waals surface area (Å²) in [4.78, 5) is 18.1. The van der Waals surface area contributed by atoms with E-state index in [0.717, 1.165) is 40.9 Å². The van der Waals surface area contributed by atoms with E-state index in [-0.39, 0.29) is 12.3 Å². The quantitative estimate of drug-likeness (QED) is 0.518. The number of hydrogen-bond donors (Lipinski definition) is 2. The van der Waals surface area contributed by atoms with Crippen LogP contribution in [-0.4, -0.2) is 29.1 Å². The summed E-state index contributed by atoms with van der Waals surface area (Å²) in [5.41, 5.74) is 4.15. The number of rotatable bonds is 10. The first kappa shape index (κ1) is 22.2. The lowest BCUT2D eigenvalue weighted by Gasteiger charge is -2.31. The first-order valence-corrected chi connectivity index (χ1v) is 10.8. The van der Waals surface area contributed by atoms with Crippen molar-refractivity contribution in [3.8, 4) is 0 Å². The summed E-state index contributed by atoms with van der Waals surface area (Å²) in [6.07, 6.45) is 0.122. The first-order chi connectivity index (χ1) is 13.2. The minimum atomic E-state index is -0.775. The number of anilines is 3. The monoisotopic (exact) mass is 403 g/mol. The normalized spacial score (nSPS) is 12.4. The van der Waals surface area contributed by atoms with Crippen LogP contribution in [0, 0.1) is 18.8 Å². The van der Waals surface area contributed by atoms with Gasteiger partial charge in [-0.3, -0.25) is 4.79 Å². The summed E-state index contributed by atoms with van der Waals surface area (Å²) >= 11 is 1.58. The van der Waals surface area contributed by atoms with Gasteiger partial charge in [0.2, 0.25) is 0 Å². The standard InChI is InChI=1S/C22H33N3O2S/c1-14(2)11-25(12-15(3)4)20-8-7-18(16(5)9-21(26)27)10-19(20)24-22-23-17(6)13-28-22/h7-8,10,13-16H,9,11-12H2,1-6H3,(H,23,24)(H,26,27). The van der Waals surface area contributed by atoms with Crippen molar-refractivity contribution in [1.29, 1.82) is 0 Å². The minimum Gasteiger partial charge on any atom is -0.481 e. The van der Waals surface area contributed by atoms with Crippen LogP contribution >= 0.6 is 11.3 Å². The van der Waals surface area contributed by atoms with Gasteiger partial charge in [0.05, 0.1) is 23.5 Å². The van der Waals surface area contributed by atoms with Gasteiger partial charge in [-0.1, -0.05) is 40.7 Å². The highest BCUT2D eigenvalue weighted by atomic mass is 32.1. The molecule has 0 aliphatic rings. The zero-order valence-electron chi connectivity index (χ0n) is 17.8. The lowest BCUT2D eigenvalue weighted by Crippen LogP contribution is -2.31. The highest BCUT2D eigenvalue weighted by Crippen LogP contribution is 2.34. The Balaban J connectivity index is 2.44. The van der Waals surface area contributed by atoms with Crippen LogP contribution < -0.4 is 10.2 Å².